The summed E-state index contributed by atoms with van der Waals surface area (Å²) in [4.78, 5) is 22.6. The number of hydrogen-bond acceptors (Lipinski definition) is 4. The van der Waals surface area contributed by atoms with Gasteiger partial charge in [0.15, 0.2) is 0 Å². The van der Waals surface area contributed by atoms with Crippen molar-refractivity contribution in [1.29, 1.82) is 0 Å². The zero-order valence-electron chi connectivity index (χ0n) is 12.5. The van der Waals surface area contributed by atoms with Gasteiger partial charge in [0.2, 0.25) is 5.91 Å². The van der Waals surface area contributed by atoms with E-state index in [1.807, 2.05) is 24.3 Å². The fourth-order valence-electron chi connectivity index (χ4n) is 2.51. The van der Waals surface area contributed by atoms with Crippen LogP contribution in [0.25, 0.3) is 0 Å². The number of nitrogens with one attached hydrogen (secondary N) is 2. The highest BCUT2D eigenvalue weighted by molar-refractivity contribution is 5.74. The normalized spacial score (nSPS) is 14.6. The second-order valence-corrected chi connectivity index (χ2v) is 5.52. The molecular formula is C16H22N2O4. The van der Waals surface area contributed by atoms with E-state index in [1.165, 1.54) is 0 Å². The molecule has 1 fully saturated rings. The van der Waals surface area contributed by atoms with Crippen molar-refractivity contribution in [2.24, 2.45) is 0 Å². The Morgan fingerprint density at radius 3 is 2.41 bits per heavy atom. The summed E-state index contributed by atoms with van der Waals surface area (Å²) in [5.41, 5.74) is 3.58. The van der Waals surface area contributed by atoms with E-state index in [0.29, 0.717) is 13.0 Å². The zero-order chi connectivity index (χ0) is 15.8. The molecule has 2 amide bonds. The molecule has 0 heterocycles. The molecule has 1 aliphatic rings. The number of benzene rings is 1. The second-order valence-electron chi connectivity index (χ2n) is 5.52. The van der Waals surface area contributed by atoms with Crippen LogP contribution in [-0.4, -0.2) is 23.3 Å². The molecule has 1 saturated carbocycles. The van der Waals surface area contributed by atoms with Gasteiger partial charge in [0.25, 0.3) is 0 Å². The predicted octanol–water partition coefficient (Wildman–Crippen LogP) is 2.29. The number of hydrogen-bond donors (Lipinski definition) is 3. The van der Waals surface area contributed by atoms with E-state index in [-0.39, 0.29) is 18.6 Å². The van der Waals surface area contributed by atoms with Crippen LogP contribution in [0, 0.1) is 0 Å². The van der Waals surface area contributed by atoms with Crippen LogP contribution < -0.4 is 10.8 Å². The Hall–Kier alpha value is -2.08. The second kappa shape index (κ2) is 8.38. The van der Waals surface area contributed by atoms with Crippen LogP contribution in [-0.2, 0) is 22.5 Å². The molecule has 0 bridgehead atoms. The summed E-state index contributed by atoms with van der Waals surface area (Å²) in [7, 11) is 0. The number of amides is 2. The number of carbonyl (C=O) groups is 2. The predicted molar refractivity (Wildman–Crippen MR) is 80.3 cm³/mol. The van der Waals surface area contributed by atoms with Crippen molar-refractivity contribution in [3.05, 3.63) is 35.4 Å². The molecular weight excluding hydrogens is 284 g/mol. The number of aryl methyl sites for hydroxylation is 1. The number of carbonyl (C=O) groups excluding carboxylic acids is 2. The van der Waals surface area contributed by atoms with Crippen molar-refractivity contribution in [1.82, 2.24) is 10.8 Å². The van der Waals surface area contributed by atoms with E-state index >= 15 is 0 Å². The highest BCUT2D eigenvalue weighted by Gasteiger charge is 2.18. The Labute approximate surface area is 129 Å². The van der Waals surface area contributed by atoms with Crippen LogP contribution in [0.1, 0.15) is 43.2 Å². The molecule has 3 N–H and O–H groups in total. The van der Waals surface area contributed by atoms with Crippen molar-refractivity contribution in [3.63, 3.8) is 0 Å². The van der Waals surface area contributed by atoms with Crippen LogP contribution in [0.5, 0.6) is 0 Å². The fraction of sp³-hybridized carbons (Fsp3) is 0.500. The molecule has 1 aromatic carbocycles. The molecule has 1 aromatic rings. The van der Waals surface area contributed by atoms with Crippen molar-refractivity contribution < 1.29 is 19.5 Å². The van der Waals surface area contributed by atoms with Crippen LogP contribution in [0.3, 0.4) is 0 Å². The van der Waals surface area contributed by atoms with Gasteiger partial charge < -0.3 is 10.1 Å². The lowest BCUT2D eigenvalue weighted by atomic mass is 10.1. The lowest BCUT2D eigenvalue weighted by Crippen LogP contribution is -2.27. The molecule has 0 unspecified atom stereocenters. The Balaban J connectivity index is 1.71. The van der Waals surface area contributed by atoms with Gasteiger partial charge >= 0.3 is 6.09 Å². The van der Waals surface area contributed by atoms with Gasteiger partial charge in [0.1, 0.15) is 6.10 Å². The van der Waals surface area contributed by atoms with E-state index in [2.05, 4.69) is 5.32 Å². The third-order valence-corrected chi connectivity index (χ3v) is 3.80. The fourth-order valence-corrected chi connectivity index (χ4v) is 2.51. The average molecular weight is 306 g/mol. The smallest absolute Gasteiger partial charge is 0.407 e. The summed E-state index contributed by atoms with van der Waals surface area (Å²) in [6, 6.07) is 7.62. The summed E-state index contributed by atoms with van der Waals surface area (Å²) < 4.78 is 5.32. The maximum Gasteiger partial charge on any atom is 0.407 e. The van der Waals surface area contributed by atoms with Crippen LogP contribution in [0.2, 0.25) is 0 Å². The highest BCUT2D eigenvalue weighted by Crippen LogP contribution is 2.20. The molecule has 6 heteroatoms. The standard InChI is InChI=1S/C16H22N2O4/c19-15(18-21)10-9-12-5-7-13(8-6-12)11-17-16(20)22-14-3-1-2-4-14/h5-8,14,21H,1-4,9-11H2,(H,17,20)(H,18,19). The first-order valence-electron chi connectivity index (χ1n) is 7.62. The molecule has 22 heavy (non-hydrogen) atoms. The summed E-state index contributed by atoms with van der Waals surface area (Å²) in [5.74, 6) is -0.402. The maximum atomic E-state index is 11.6. The average Bonchev–Trinajstić information content (AvgIpc) is 3.04. The first-order valence-corrected chi connectivity index (χ1v) is 7.62. The van der Waals surface area contributed by atoms with Gasteiger partial charge in [-0.3, -0.25) is 10.0 Å². The quantitative estimate of drug-likeness (QED) is 0.556. The Morgan fingerprint density at radius 2 is 1.77 bits per heavy atom. The molecule has 0 saturated heterocycles. The topological polar surface area (TPSA) is 87.7 Å². The molecule has 0 aliphatic heterocycles. The van der Waals surface area contributed by atoms with E-state index < -0.39 is 5.91 Å². The van der Waals surface area contributed by atoms with Gasteiger partial charge in [-0.05, 0) is 43.2 Å². The van der Waals surface area contributed by atoms with Gasteiger partial charge in [-0.1, -0.05) is 24.3 Å². The molecule has 120 valence electrons. The summed E-state index contributed by atoms with van der Waals surface area (Å²) >= 11 is 0. The number of rotatable bonds is 6. The van der Waals surface area contributed by atoms with Crippen LogP contribution in [0.4, 0.5) is 4.79 Å². The van der Waals surface area contributed by atoms with Gasteiger partial charge in [-0.15, -0.1) is 0 Å². The van der Waals surface area contributed by atoms with Crippen LogP contribution in [0.15, 0.2) is 24.3 Å². The first kappa shape index (κ1) is 16.3. The highest BCUT2D eigenvalue weighted by atomic mass is 16.6. The third-order valence-electron chi connectivity index (χ3n) is 3.80. The number of ether oxygens (including phenoxy) is 1. The largest absolute Gasteiger partial charge is 0.446 e. The minimum absolute atomic E-state index is 0.0695. The van der Waals surface area contributed by atoms with Crippen molar-refractivity contribution >= 4 is 12.0 Å². The summed E-state index contributed by atoms with van der Waals surface area (Å²) in [6.45, 7) is 0.420. The van der Waals surface area contributed by atoms with E-state index in [9.17, 15) is 9.59 Å². The lowest BCUT2D eigenvalue weighted by Gasteiger charge is -2.12. The third kappa shape index (κ3) is 5.37. The van der Waals surface area contributed by atoms with E-state index in [1.54, 1.807) is 5.48 Å². The lowest BCUT2D eigenvalue weighted by molar-refractivity contribution is -0.129. The molecule has 0 atom stereocenters. The minimum atomic E-state index is -0.402. The molecule has 0 aromatic heterocycles. The zero-order valence-corrected chi connectivity index (χ0v) is 12.5. The monoisotopic (exact) mass is 306 g/mol. The first-order chi connectivity index (χ1) is 10.7. The number of alkyl carbamates (subject to hydrolysis) is 1. The molecule has 6 nitrogen and oxygen atoms in total. The molecule has 2 rings (SSSR count). The molecule has 0 radical (unpaired) electrons. The minimum Gasteiger partial charge on any atom is -0.446 e. The van der Waals surface area contributed by atoms with Crippen molar-refractivity contribution in [2.45, 2.75) is 51.2 Å². The Bertz CT molecular complexity index is 495. The molecule has 0 spiro atoms. The Morgan fingerprint density at radius 1 is 1.14 bits per heavy atom. The summed E-state index contributed by atoms with van der Waals surface area (Å²) in [6.07, 6.45) is 4.69. The van der Waals surface area contributed by atoms with Gasteiger partial charge in [0.05, 0.1) is 0 Å². The maximum absolute atomic E-state index is 11.6. The van der Waals surface area contributed by atoms with Crippen molar-refractivity contribution in [2.75, 3.05) is 0 Å². The van der Waals surface area contributed by atoms with Gasteiger partial charge in [0, 0.05) is 13.0 Å². The van der Waals surface area contributed by atoms with E-state index in [4.69, 9.17) is 9.94 Å². The van der Waals surface area contributed by atoms with Gasteiger partial charge in [-0.25, -0.2) is 10.3 Å². The molecule has 1 aliphatic carbocycles. The van der Waals surface area contributed by atoms with Crippen LogP contribution >= 0.6 is 0 Å². The van der Waals surface area contributed by atoms with Crippen molar-refractivity contribution in [3.8, 4) is 0 Å². The van der Waals surface area contributed by atoms with Gasteiger partial charge in [-0.2, -0.15) is 0 Å². The summed E-state index contributed by atoms with van der Waals surface area (Å²) in [5, 5.41) is 11.2. The van der Waals surface area contributed by atoms with E-state index in [0.717, 1.165) is 36.8 Å². The number of hydroxylamine groups is 1. The SMILES string of the molecule is O=C(CCc1ccc(CNC(=O)OC2CCCC2)cc1)NO. The Kier molecular flexibility index (Phi) is 6.21.